The first-order chi connectivity index (χ1) is 13.7. The van der Waals surface area contributed by atoms with Crippen molar-refractivity contribution >= 4 is 22.4 Å². The Balaban J connectivity index is 1.47. The molecule has 4 aromatic rings. The Morgan fingerprint density at radius 1 is 1.29 bits per heavy atom. The second-order valence-corrected chi connectivity index (χ2v) is 6.89. The van der Waals surface area contributed by atoms with Crippen LogP contribution in [-0.4, -0.2) is 39.1 Å². The van der Waals surface area contributed by atoms with E-state index in [1.165, 1.54) is 0 Å². The van der Waals surface area contributed by atoms with Crippen LogP contribution in [0.25, 0.3) is 28.1 Å². The molecule has 0 unspecified atom stereocenters. The SMILES string of the molecule is COc1nccc2oc(-c3cnc4ccc(OC[C@@H]5CCC(=O)C5)nn34)cc12. The van der Waals surface area contributed by atoms with Crippen LogP contribution in [-0.2, 0) is 4.79 Å². The molecule has 28 heavy (non-hydrogen) atoms. The molecule has 0 aliphatic heterocycles. The van der Waals surface area contributed by atoms with Gasteiger partial charge in [0.05, 0.1) is 25.3 Å². The summed E-state index contributed by atoms with van der Waals surface area (Å²) in [5, 5.41) is 5.33. The highest BCUT2D eigenvalue weighted by atomic mass is 16.5. The quantitative estimate of drug-likeness (QED) is 0.526. The van der Waals surface area contributed by atoms with Gasteiger partial charge in [0.25, 0.3) is 0 Å². The molecule has 4 heterocycles. The zero-order chi connectivity index (χ0) is 19.1. The first-order valence-electron chi connectivity index (χ1n) is 9.13. The second kappa shape index (κ2) is 6.63. The Kier molecular flexibility index (Phi) is 3.96. The number of Topliss-reactive ketones (excluding diaryl/α,β-unsaturated/α-hetero) is 1. The number of rotatable bonds is 5. The predicted octanol–water partition coefficient (Wildman–Crippen LogP) is 3.29. The minimum absolute atomic E-state index is 0.266. The topological polar surface area (TPSA) is 91.8 Å². The molecule has 0 bridgehead atoms. The molecule has 0 radical (unpaired) electrons. The number of carbonyl (C=O) groups excluding carboxylic acids is 1. The molecular weight excluding hydrogens is 360 g/mol. The van der Waals surface area contributed by atoms with Crippen LogP contribution >= 0.6 is 0 Å². The van der Waals surface area contributed by atoms with Gasteiger partial charge in [-0.2, -0.15) is 0 Å². The Bertz CT molecular complexity index is 1180. The van der Waals surface area contributed by atoms with Crippen molar-refractivity contribution in [2.45, 2.75) is 19.3 Å². The summed E-state index contributed by atoms with van der Waals surface area (Å²) in [4.78, 5) is 20.0. The third kappa shape index (κ3) is 2.87. The summed E-state index contributed by atoms with van der Waals surface area (Å²) in [7, 11) is 1.58. The van der Waals surface area contributed by atoms with Crippen LogP contribution in [0.3, 0.4) is 0 Å². The number of imidazole rings is 1. The lowest BCUT2D eigenvalue weighted by atomic mass is 10.1. The molecule has 1 aliphatic rings. The van der Waals surface area contributed by atoms with Crippen molar-refractivity contribution in [3.05, 3.63) is 36.7 Å². The molecule has 5 rings (SSSR count). The van der Waals surface area contributed by atoms with Crippen molar-refractivity contribution in [2.24, 2.45) is 5.92 Å². The molecule has 8 nitrogen and oxygen atoms in total. The Morgan fingerprint density at radius 2 is 2.21 bits per heavy atom. The number of fused-ring (bicyclic) bond motifs is 2. The number of ether oxygens (including phenoxy) is 2. The van der Waals surface area contributed by atoms with Gasteiger partial charge in [-0.05, 0) is 18.6 Å². The zero-order valence-electron chi connectivity index (χ0n) is 15.3. The van der Waals surface area contributed by atoms with Crippen LogP contribution in [0, 0.1) is 5.92 Å². The maximum Gasteiger partial charge on any atom is 0.231 e. The predicted molar refractivity (Wildman–Crippen MR) is 100 cm³/mol. The van der Waals surface area contributed by atoms with Crippen molar-refractivity contribution in [3.8, 4) is 23.2 Å². The summed E-state index contributed by atoms with van der Waals surface area (Å²) in [5.74, 6) is 2.18. The van der Waals surface area contributed by atoms with Gasteiger partial charge in [-0.15, -0.1) is 5.10 Å². The monoisotopic (exact) mass is 378 g/mol. The van der Waals surface area contributed by atoms with Gasteiger partial charge in [0.1, 0.15) is 17.1 Å². The van der Waals surface area contributed by atoms with E-state index in [4.69, 9.17) is 13.9 Å². The van der Waals surface area contributed by atoms with Crippen molar-refractivity contribution in [1.29, 1.82) is 0 Å². The Hall–Kier alpha value is -3.42. The summed E-state index contributed by atoms with van der Waals surface area (Å²) < 4.78 is 18.8. The lowest BCUT2D eigenvalue weighted by molar-refractivity contribution is -0.117. The first kappa shape index (κ1) is 16.7. The first-order valence-corrected chi connectivity index (χ1v) is 9.13. The number of hydrogen-bond donors (Lipinski definition) is 0. The maximum absolute atomic E-state index is 11.4. The standard InChI is InChI=1S/C20H18N4O4/c1-26-20-14-9-17(28-16(14)6-7-21-20)15-10-22-18-4-5-19(23-24(15)18)27-11-12-2-3-13(25)8-12/h4-7,9-10,12H,2-3,8,11H2,1H3/t12-/m1/s1. The number of pyridine rings is 1. The van der Waals surface area contributed by atoms with E-state index in [1.807, 2.05) is 12.1 Å². The number of furan rings is 1. The molecule has 1 fully saturated rings. The van der Waals surface area contributed by atoms with E-state index in [2.05, 4.69) is 15.1 Å². The van der Waals surface area contributed by atoms with Crippen LogP contribution in [0.5, 0.6) is 11.8 Å². The molecule has 1 atom stereocenters. The average molecular weight is 378 g/mol. The minimum atomic E-state index is 0.266. The summed E-state index contributed by atoms with van der Waals surface area (Å²) in [6.45, 7) is 0.488. The summed E-state index contributed by atoms with van der Waals surface area (Å²) in [6, 6.07) is 7.28. The average Bonchev–Trinajstić information content (AvgIpc) is 3.42. The van der Waals surface area contributed by atoms with Crippen molar-refractivity contribution < 1.29 is 18.7 Å². The van der Waals surface area contributed by atoms with E-state index in [0.29, 0.717) is 59.7 Å². The van der Waals surface area contributed by atoms with Crippen molar-refractivity contribution in [2.75, 3.05) is 13.7 Å². The Morgan fingerprint density at radius 3 is 3.04 bits per heavy atom. The molecule has 0 spiro atoms. The van der Waals surface area contributed by atoms with Crippen LogP contribution < -0.4 is 9.47 Å². The normalized spacial score (nSPS) is 16.9. The van der Waals surface area contributed by atoms with E-state index < -0.39 is 0 Å². The van der Waals surface area contributed by atoms with Crippen LogP contribution in [0.1, 0.15) is 19.3 Å². The largest absolute Gasteiger partial charge is 0.480 e. The molecule has 0 aromatic carbocycles. The molecule has 142 valence electrons. The fourth-order valence-electron chi connectivity index (χ4n) is 3.57. The van der Waals surface area contributed by atoms with E-state index in [1.54, 1.807) is 36.2 Å². The van der Waals surface area contributed by atoms with Crippen LogP contribution in [0.2, 0.25) is 0 Å². The molecule has 1 aliphatic carbocycles. The fourth-order valence-corrected chi connectivity index (χ4v) is 3.57. The third-order valence-corrected chi connectivity index (χ3v) is 5.01. The lowest BCUT2D eigenvalue weighted by Crippen LogP contribution is -2.10. The van der Waals surface area contributed by atoms with Crippen LogP contribution in [0.15, 0.2) is 41.1 Å². The number of hydrogen-bond acceptors (Lipinski definition) is 7. The highest BCUT2D eigenvalue weighted by Crippen LogP contribution is 2.32. The van der Waals surface area contributed by atoms with E-state index >= 15 is 0 Å². The highest BCUT2D eigenvalue weighted by molar-refractivity contribution is 5.86. The summed E-state index contributed by atoms with van der Waals surface area (Å²) in [5.41, 5.74) is 2.06. The van der Waals surface area contributed by atoms with E-state index in [0.717, 1.165) is 11.8 Å². The third-order valence-electron chi connectivity index (χ3n) is 5.01. The number of aromatic nitrogens is 4. The fraction of sp³-hybridized carbons (Fsp3) is 0.300. The highest BCUT2D eigenvalue weighted by Gasteiger charge is 2.23. The second-order valence-electron chi connectivity index (χ2n) is 6.89. The smallest absolute Gasteiger partial charge is 0.231 e. The van der Waals surface area contributed by atoms with Gasteiger partial charge in [-0.25, -0.2) is 14.5 Å². The molecule has 0 N–H and O–H groups in total. The molecule has 8 heteroatoms. The van der Waals surface area contributed by atoms with Gasteiger partial charge in [-0.1, -0.05) is 0 Å². The maximum atomic E-state index is 11.4. The van der Waals surface area contributed by atoms with E-state index in [-0.39, 0.29) is 5.92 Å². The number of ketones is 1. The molecule has 1 saturated carbocycles. The zero-order valence-corrected chi connectivity index (χ0v) is 15.3. The van der Waals surface area contributed by atoms with Gasteiger partial charge < -0.3 is 13.9 Å². The summed E-state index contributed by atoms with van der Waals surface area (Å²) >= 11 is 0. The van der Waals surface area contributed by atoms with Crippen molar-refractivity contribution in [3.63, 3.8) is 0 Å². The molecule has 0 amide bonds. The summed E-state index contributed by atoms with van der Waals surface area (Å²) in [6.07, 6.45) is 5.47. The molecule has 4 aromatic heterocycles. The van der Waals surface area contributed by atoms with Gasteiger partial charge in [0.2, 0.25) is 11.8 Å². The Labute approximate surface area is 160 Å². The lowest BCUT2D eigenvalue weighted by Gasteiger charge is -2.10. The number of methoxy groups -OCH3 is 1. The molecule has 0 saturated heterocycles. The van der Waals surface area contributed by atoms with Gasteiger partial charge in [-0.3, -0.25) is 4.79 Å². The number of carbonyl (C=O) groups is 1. The minimum Gasteiger partial charge on any atom is -0.480 e. The van der Waals surface area contributed by atoms with Gasteiger partial charge >= 0.3 is 0 Å². The van der Waals surface area contributed by atoms with E-state index in [9.17, 15) is 4.79 Å². The van der Waals surface area contributed by atoms with Crippen molar-refractivity contribution in [1.82, 2.24) is 19.6 Å². The number of nitrogens with zero attached hydrogens (tertiary/aromatic N) is 4. The van der Waals surface area contributed by atoms with Gasteiger partial charge in [0, 0.05) is 37.1 Å². The molecular formula is C20H18N4O4. The van der Waals surface area contributed by atoms with Gasteiger partial charge in [0.15, 0.2) is 11.4 Å². The van der Waals surface area contributed by atoms with Crippen LogP contribution in [0.4, 0.5) is 0 Å².